The number of thioether (sulfide) groups is 1. The van der Waals surface area contributed by atoms with Crippen LogP contribution in [-0.2, 0) is 4.79 Å². The van der Waals surface area contributed by atoms with E-state index in [4.69, 9.17) is 0 Å². The van der Waals surface area contributed by atoms with Crippen LogP contribution in [0.1, 0.15) is 5.56 Å². The number of amidine groups is 1. The Kier molecular flexibility index (Phi) is 5.39. The molecule has 4 aromatic rings. The van der Waals surface area contributed by atoms with Crippen LogP contribution in [0.5, 0.6) is 0 Å². The number of nitrogens with one attached hydrogen (secondary N) is 1. The van der Waals surface area contributed by atoms with E-state index in [1.54, 1.807) is 6.20 Å². The molecule has 168 valence electrons. The first-order valence-electron chi connectivity index (χ1n) is 11.4. The van der Waals surface area contributed by atoms with E-state index in [0.717, 1.165) is 48.2 Å². The van der Waals surface area contributed by atoms with Gasteiger partial charge in [-0.3, -0.25) is 9.89 Å². The molecule has 0 radical (unpaired) electrons. The van der Waals surface area contributed by atoms with Crippen LogP contribution in [0.15, 0.2) is 88.9 Å². The van der Waals surface area contributed by atoms with Crippen molar-refractivity contribution in [2.45, 2.75) is 0 Å². The van der Waals surface area contributed by atoms with Crippen molar-refractivity contribution in [3.63, 3.8) is 0 Å². The van der Waals surface area contributed by atoms with Crippen LogP contribution in [0.3, 0.4) is 0 Å². The highest BCUT2D eigenvalue weighted by Gasteiger charge is 2.29. The Morgan fingerprint density at radius 1 is 0.853 bits per heavy atom. The van der Waals surface area contributed by atoms with Crippen LogP contribution in [0.2, 0.25) is 0 Å². The summed E-state index contributed by atoms with van der Waals surface area (Å²) in [6.45, 7) is 3.44. The first kappa shape index (κ1) is 20.7. The van der Waals surface area contributed by atoms with Crippen LogP contribution in [-0.4, -0.2) is 52.4 Å². The van der Waals surface area contributed by atoms with Crippen LogP contribution in [0.4, 0.5) is 5.69 Å². The quantitative estimate of drug-likeness (QED) is 0.430. The fourth-order valence-electron chi connectivity index (χ4n) is 4.54. The van der Waals surface area contributed by atoms with Crippen molar-refractivity contribution in [2.24, 2.45) is 4.99 Å². The molecule has 0 unspecified atom stereocenters. The number of hydrogen-bond donors (Lipinski definition) is 1. The maximum atomic E-state index is 12.7. The number of aromatic amines is 1. The maximum Gasteiger partial charge on any atom is 0.286 e. The molecule has 3 aromatic carbocycles. The van der Waals surface area contributed by atoms with Crippen molar-refractivity contribution < 1.29 is 4.79 Å². The van der Waals surface area contributed by atoms with Gasteiger partial charge in [-0.1, -0.05) is 66.7 Å². The second-order valence-electron chi connectivity index (χ2n) is 8.35. The number of amides is 1. The van der Waals surface area contributed by atoms with E-state index >= 15 is 0 Å². The standard InChI is InChI=1S/C27H23N5OS/c33-26-24(17-21-18-28-30-25(21)20-8-2-1-3-9-20)34-27(29-26)32-15-13-31(14-16-32)23-12-6-10-19-7-4-5-11-22(19)23/h1-12,17-18H,13-16H2,(H,28,30)/b24-17-. The van der Waals surface area contributed by atoms with E-state index in [0.29, 0.717) is 4.91 Å². The van der Waals surface area contributed by atoms with Gasteiger partial charge in [0.25, 0.3) is 5.91 Å². The largest absolute Gasteiger partial charge is 0.367 e. The van der Waals surface area contributed by atoms with E-state index in [-0.39, 0.29) is 5.91 Å². The third-order valence-electron chi connectivity index (χ3n) is 6.28. The zero-order valence-corrected chi connectivity index (χ0v) is 19.3. The molecular weight excluding hydrogens is 442 g/mol. The van der Waals surface area contributed by atoms with Gasteiger partial charge < -0.3 is 9.80 Å². The van der Waals surface area contributed by atoms with Gasteiger partial charge in [0.15, 0.2) is 5.17 Å². The molecule has 0 bridgehead atoms. The number of aliphatic imine (C=N–C) groups is 1. The summed E-state index contributed by atoms with van der Waals surface area (Å²) in [5.41, 5.74) is 4.09. The van der Waals surface area contributed by atoms with E-state index in [9.17, 15) is 4.79 Å². The minimum atomic E-state index is -0.184. The predicted octanol–water partition coefficient (Wildman–Crippen LogP) is 5.02. The highest BCUT2D eigenvalue weighted by Crippen LogP contribution is 2.33. The predicted molar refractivity (Wildman–Crippen MR) is 140 cm³/mol. The number of carbonyl (C=O) groups is 1. The summed E-state index contributed by atoms with van der Waals surface area (Å²) in [6, 6.07) is 25.0. The lowest BCUT2D eigenvalue weighted by molar-refractivity contribution is -0.113. The Balaban J connectivity index is 1.16. The fraction of sp³-hybridized carbons (Fsp3) is 0.148. The number of nitrogens with zero attached hydrogens (tertiary/aromatic N) is 4. The van der Waals surface area contributed by atoms with E-state index in [2.05, 4.69) is 67.5 Å². The molecule has 3 heterocycles. The van der Waals surface area contributed by atoms with Gasteiger partial charge in [-0.2, -0.15) is 10.1 Å². The number of piperazine rings is 1. The summed E-state index contributed by atoms with van der Waals surface area (Å²) in [7, 11) is 0. The van der Waals surface area contributed by atoms with Gasteiger partial charge >= 0.3 is 0 Å². The summed E-state index contributed by atoms with van der Waals surface area (Å²) in [6.07, 6.45) is 3.64. The molecule has 6 nitrogen and oxygen atoms in total. The van der Waals surface area contributed by atoms with Crippen molar-refractivity contribution >= 4 is 45.4 Å². The molecule has 1 N–H and O–H groups in total. The Morgan fingerprint density at radius 3 is 2.44 bits per heavy atom. The molecule has 7 heteroatoms. The van der Waals surface area contributed by atoms with E-state index in [1.807, 2.05) is 36.4 Å². The molecular formula is C27H23N5OS. The summed E-state index contributed by atoms with van der Waals surface area (Å²) >= 11 is 1.45. The molecule has 1 amide bonds. The summed E-state index contributed by atoms with van der Waals surface area (Å²) in [5.74, 6) is -0.184. The molecule has 2 aliphatic rings. The van der Waals surface area contributed by atoms with Gasteiger partial charge in [-0.15, -0.1) is 0 Å². The molecule has 1 fully saturated rings. The van der Waals surface area contributed by atoms with E-state index in [1.165, 1.54) is 28.2 Å². The SMILES string of the molecule is O=C1N=C(N2CCN(c3cccc4ccccc34)CC2)S/C1=C\c1cn[nH]c1-c1ccccc1. The minimum Gasteiger partial charge on any atom is -0.367 e. The average molecular weight is 466 g/mol. The van der Waals surface area contributed by atoms with Gasteiger partial charge in [-0.05, 0) is 29.3 Å². The fourth-order valence-corrected chi connectivity index (χ4v) is 5.49. The Bertz CT molecular complexity index is 1410. The summed E-state index contributed by atoms with van der Waals surface area (Å²) in [5, 5.41) is 10.6. The van der Waals surface area contributed by atoms with Gasteiger partial charge in [0, 0.05) is 48.4 Å². The number of benzene rings is 3. The monoisotopic (exact) mass is 465 g/mol. The molecule has 1 saturated heterocycles. The first-order valence-corrected chi connectivity index (χ1v) is 12.2. The summed E-state index contributed by atoms with van der Waals surface area (Å²) in [4.78, 5) is 22.3. The first-order chi connectivity index (χ1) is 16.8. The lowest BCUT2D eigenvalue weighted by Gasteiger charge is -2.37. The third-order valence-corrected chi connectivity index (χ3v) is 7.33. The van der Waals surface area contributed by atoms with Crippen LogP contribution in [0, 0.1) is 0 Å². The number of anilines is 1. The van der Waals surface area contributed by atoms with Crippen molar-refractivity contribution in [2.75, 3.05) is 31.1 Å². The van der Waals surface area contributed by atoms with Crippen LogP contribution in [0.25, 0.3) is 28.1 Å². The number of hydrogen-bond acceptors (Lipinski definition) is 5. The zero-order valence-electron chi connectivity index (χ0n) is 18.5. The lowest BCUT2D eigenvalue weighted by Crippen LogP contribution is -2.47. The molecule has 2 aliphatic heterocycles. The Hall–Kier alpha value is -3.84. The van der Waals surface area contributed by atoms with Crippen LogP contribution >= 0.6 is 11.8 Å². The smallest absolute Gasteiger partial charge is 0.286 e. The number of H-pyrrole nitrogens is 1. The van der Waals surface area contributed by atoms with Crippen LogP contribution < -0.4 is 4.90 Å². The van der Waals surface area contributed by atoms with Gasteiger partial charge in [0.1, 0.15) is 0 Å². The Labute approximate surface area is 202 Å². The molecule has 0 saturated carbocycles. The molecule has 34 heavy (non-hydrogen) atoms. The molecule has 6 rings (SSSR count). The molecule has 0 atom stereocenters. The highest BCUT2D eigenvalue weighted by molar-refractivity contribution is 8.18. The third kappa shape index (κ3) is 3.88. The average Bonchev–Trinajstić information content (AvgIpc) is 3.51. The molecule has 0 spiro atoms. The number of rotatable bonds is 3. The normalized spacial score (nSPS) is 17.6. The summed E-state index contributed by atoms with van der Waals surface area (Å²) < 4.78 is 0. The van der Waals surface area contributed by atoms with Gasteiger partial charge in [0.2, 0.25) is 0 Å². The molecule has 1 aromatic heterocycles. The van der Waals surface area contributed by atoms with Crippen molar-refractivity contribution in [1.29, 1.82) is 0 Å². The van der Waals surface area contributed by atoms with Crippen molar-refractivity contribution in [3.8, 4) is 11.3 Å². The van der Waals surface area contributed by atoms with Crippen molar-refractivity contribution in [1.82, 2.24) is 15.1 Å². The second kappa shape index (κ2) is 8.83. The maximum absolute atomic E-state index is 12.7. The number of fused-ring (bicyclic) bond motifs is 1. The van der Waals surface area contributed by atoms with Gasteiger partial charge in [-0.25, -0.2) is 0 Å². The van der Waals surface area contributed by atoms with Gasteiger partial charge in [0.05, 0.1) is 16.8 Å². The molecule has 0 aliphatic carbocycles. The Morgan fingerprint density at radius 2 is 1.59 bits per heavy atom. The van der Waals surface area contributed by atoms with Crippen molar-refractivity contribution in [3.05, 3.63) is 89.5 Å². The zero-order chi connectivity index (χ0) is 22.9. The number of aromatic nitrogens is 2. The minimum absolute atomic E-state index is 0.184. The highest BCUT2D eigenvalue weighted by atomic mass is 32.2. The topological polar surface area (TPSA) is 64.6 Å². The van der Waals surface area contributed by atoms with E-state index < -0.39 is 0 Å². The number of carbonyl (C=O) groups excluding carboxylic acids is 1. The lowest BCUT2D eigenvalue weighted by atomic mass is 10.1. The second-order valence-corrected chi connectivity index (χ2v) is 9.36.